The van der Waals surface area contributed by atoms with E-state index >= 15 is 0 Å². The fraction of sp³-hybridized carbons (Fsp3) is 0.333. The molecule has 3 aromatic rings. The zero-order valence-electron chi connectivity index (χ0n) is 18.0. The van der Waals surface area contributed by atoms with Crippen molar-refractivity contribution in [1.29, 1.82) is 0 Å². The number of nitrogens with one attached hydrogen (secondary N) is 1. The second kappa shape index (κ2) is 9.96. The number of hydrogen-bond donors (Lipinski definition) is 1. The first-order chi connectivity index (χ1) is 14.6. The summed E-state index contributed by atoms with van der Waals surface area (Å²) in [5.41, 5.74) is 4.36. The van der Waals surface area contributed by atoms with Gasteiger partial charge in [-0.1, -0.05) is 31.2 Å². The molecular formula is C24H28N2O4. The van der Waals surface area contributed by atoms with Crippen molar-refractivity contribution in [1.82, 2.24) is 4.98 Å². The van der Waals surface area contributed by atoms with Crippen LogP contribution in [0, 0.1) is 0 Å². The minimum absolute atomic E-state index is 0.316. The number of pyridine rings is 1. The predicted octanol–water partition coefficient (Wildman–Crippen LogP) is 4.65. The lowest BCUT2D eigenvalue weighted by Crippen LogP contribution is -2.13. The Morgan fingerprint density at radius 2 is 1.87 bits per heavy atom. The fourth-order valence-electron chi connectivity index (χ4n) is 3.49. The van der Waals surface area contributed by atoms with E-state index < -0.39 is 0 Å². The lowest BCUT2D eigenvalue weighted by molar-refractivity contribution is 0.0527. The predicted molar refractivity (Wildman–Crippen MR) is 119 cm³/mol. The first kappa shape index (κ1) is 21.4. The first-order valence-corrected chi connectivity index (χ1v) is 10.1. The minimum atomic E-state index is -0.373. The van der Waals surface area contributed by atoms with E-state index in [-0.39, 0.29) is 5.97 Å². The Morgan fingerprint density at radius 3 is 2.57 bits per heavy atom. The number of nitrogens with zero attached hydrogens (tertiary/aromatic N) is 1. The highest BCUT2D eigenvalue weighted by atomic mass is 16.5. The summed E-state index contributed by atoms with van der Waals surface area (Å²) in [6.45, 7) is 4.85. The van der Waals surface area contributed by atoms with Crippen molar-refractivity contribution in [2.24, 2.45) is 0 Å². The Morgan fingerprint density at radius 1 is 1.07 bits per heavy atom. The molecule has 1 heterocycles. The maximum Gasteiger partial charge on any atom is 0.341 e. The van der Waals surface area contributed by atoms with Crippen LogP contribution >= 0.6 is 0 Å². The standard InChI is InChI=1S/C24H28N2O4/c1-5-17-8-7-9-18-22(17)26-15-19(24(27)30-6-2)23(18)25-13-12-16-10-11-20(28-3)21(14-16)29-4/h7-11,14-15H,5-6,12-13H2,1-4H3,(H,25,26). The summed E-state index contributed by atoms with van der Waals surface area (Å²) in [7, 11) is 3.25. The normalized spacial score (nSPS) is 10.7. The van der Waals surface area contributed by atoms with Gasteiger partial charge in [0, 0.05) is 18.1 Å². The van der Waals surface area contributed by atoms with E-state index in [1.165, 1.54) is 0 Å². The Labute approximate surface area is 177 Å². The summed E-state index contributed by atoms with van der Waals surface area (Å²) in [5.74, 6) is 1.03. The quantitative estimate of drug-likeness (QED) is 0.520. The van der Waals surface area contributed by atoms with Gasteiger partial charge in [-0.3, -0.25) is 4.98 Å². The molecule has 30 heavy (non-hydrogen) atoms. The number of hydrogen-bond acceptors (Lipinski definition) is 6. The molecule has 0 atom stereocenters. The molecule has 0 fully saturated rings. The molecule has 1 aromatic heterocycles. The van der Waals surface area contributed by atoms with E-state index in [2.05, 4.69) is 23.3 Å². The van der Waals surface area contributed by atoms with E-state index in [9.17, 15) is 4.79 Å². The van der Waals surface area contributed by atoms with Crippen LogP contribution in [0.4, 0.5) is 5.69 Å². The Hall–Kier alpha value is -3.28. The maximum absolute atomic E-state index is 12.5. The number of carbonyl (C=O) groups excluding carboxylic acids is 1. The maximum atomic E-state index is 12.5. The molecule has 0 aliphatic rings. The number of benzene rings is 2. The van der Waals surface area contributed by atoms with Crippen LogP contribution in [0.1, 0.15) is 35.3 Å². The van der Waals surface area contributed by atoms with E-state index in [4.69, 9.17) is 14.2 Å². The molecule has 3 rings (SSSR count). The van der Waals surface area contributed by atoms with E-state index in [0.29, 0.717) is 30.2 Å². The number of para-hydroxylation sites is 1. The minimum Gasteiger partial charge on any atom is -0.493 e. The van der Waals surface area contributed by atoms with Gasteiger partial charge in [0.25, 0.3) is 0 Å². The van der Waals surface area contributed by atoms with Gasteiger partial charge in [-0.05, 0) is 43.0 Å². The highest BCUT2D eigenvalue weighted by Crippen LogP contribution is 2.30. The van der Waals surface area contributed by atoms with Crippen LogP contribution in [-0.4, -0.2) is 38.3 Å². The molecule has 0 bridgehead atoms. The number of anilines is 1. The third kappa shape index (κ3) is 4.48. The zero-order valence-corrected chi connectivity index (χ0v) is 18.0. The molecule has 0 aliphatic carbocycles. The number of esters is 1. The molecule has 1 N–H and O–H groups in total. The second-order valence-electron chi connectivity index (χ2n) is 6.80. The molecule has 6 nitrogen and oxygen atoms in total. The van der Waals surface area contributed by atoms with E-state index in [1.807, 2.05) is 30.3 Å². The molecule has 2 aromatic carbocycles. The first-order valence-electron chi connectivity index (χ1n) is 10.1. The summed E-state index contributed by atoms with van der Waals surface area (Å²) in [6, 6.07) is 11.9. The number of methoxy groups -OCH3 is 2. The fourth-order valence-corrected chi connectivity index (χ4v) is 3.49. The van der Waals surface area contributed by atoms with Crippen LogP contribution in [-0.2, 0) is 17.6 Å². The van der Waals surface area contributed by atoms with Crippen molar-refractivity contribution in [3.05, 3.63) is 59.3 Å². The van der Waals surface area contributed by atoms with Crippen LogP contribution in [0.5, 0.6) is 11.5 Å². The lowest BCUT2D eigenvalue weighted by atomic mass is 10.0. The number of fused-ring (bicyclic) bond motifs is 1. The molecule has 0 aliphatic heterocycles. The lowest BCUT2D eigenvalue weighted by Gasteiger charge is -2.16. The highest BCUT2D eigenvalue weighted by molar-refractivity contribution is 6.05. The third-order valence-corrected chi connectivity index (χ3v) is 5.02. The summed E-state index contributed by atoms with van der Waals surface area (Å²) < 4.78 is 15.9. The van der Waals surface area contributed by atoms with Gasteiger partial charge in [-0.15, -0.1) is 0 Å². The zero-order chi connectivity index (χ0) is 21.5. The number of aromatic nitrogens is 1. The molecule has 158 valence electrons. The number of carbonyl (C=O) groups is 1. The van der Waals surface area contributed by atoms with Crippen molar-refractivity contribution in [2.75, 3.05) is 32.7 Å². The van der Waals surface area contributed by atoms with Crippen molar-refractivity contribution in [3.8, 4) is 11.5 Å². The SMILES string of the molecule is CCOC(=O)c1cnc2c(CC)cccc2c1NCCc1ccc(OC)c(OC)c1. The van der Waals surface area contributed by atoms with Crippen molar-refractivity contribution in [3.63, 3.8) is 0 Å². The second-order valence-corrected chi connectivity index (χ2v) is 6.80. The van der Waals surface area contributed by atoms with Crippen LogP contribution in [0.3, 0.4) is 0 Å². The Kier molecular flexibility index (Phi) is 7.12. The molecule has 0 amide bonds. The van der Waals surface area contributed by atoms with Crippen LogP contribution in [0.25, 0.3) is 10.9 Å². The molecule has 0 saturated heterocycles. The van der Waals surface area contributed by atoms with Gasteiger partial charge in [0.15, 0.2) is 11.5 Å². The Bertz CT molecular complexity index is 1030. The smallest absolute Gasteiger partial charge is 0.341 e. The summed E-state index contributed by atoms with van der Waals surface area (Å²) in [5, 5.41) is 4.37. The monoisotopic (exact) mass is 408 g/mol. The summed E-state index contributed by atoms with van der Waals surface area (Å²) in [6.07, 6.45) is 3.23. The number of ether oxygens (including phenoxy) is 3. The molecule has 0 spiro atoms. The third-order valence-electron chi connectivity index (χ3n) is 5.02. The molecule has 0 saturated carbocycles. The molecule has 0 unspecified atom stereocenters. The summed E-state index contributed by atoms with van der Waals surface area (Å²) >= 11 is 0. The number of rotatable bonds is 9. The van der Waals surface area contributed by atoms with Gasteiger partial charge in [-0.25, -0.2) is 4.79 Å². The van der Waals surface area contributed by atoms with E-state index in [0.717, 1.165) is 40.6 Å². The van der Waals surface area contributed by atoms with Gasteiger partial charge >= 0.3 is 5.97 Å². The average Bonchev–Trinajstić information content (AvgIpc) is 2.78. The van der Waals surface area contributed by atoms with E-state index in [1.54, 1.807) is 27.3 Å². The molecular weight excluding hydrogens is 380 g/mol. The van der Waals surface area contributed by atoms with Gasteiger partial charge in [0.05, 0.1) is 32.0 Å². The van der Waals surface area contributed by atoms with Gasteiger partial charge in [0.1, 0.15) is 5.56 Å². The van der Waals surface area contributed by atoms with Crippen molar-refractivity contribution in [2.45, 2.75) is 26.7 Å². The van der Waals surface area contributed by atoms with Crippen LogP contribution < -0.4 is 14.8 Å². The van der Waals surface area contributed by atoms with Crippen LogP contribution in [0.2, 0.25) is 0 Å². The molecule has 6 heteroatoms. The van der Waals surface area contributed by atoms with Crippen molar-refractivity contribution < 1.29 is 19.0 Å². The van der Waals surface area contributed by atoms with Gasteiger partial charge in [-0.2, -0.15) is 0 Å². The topological polar surface area (TPSA) is 69.7 Å². The molecule has 0 radical (unpaired) electrons. The highest BCUT2D eigenvalue weighted by Gasteiger charge is 2.17. The number of aryl methyl sites for hydroxylation is 1. The largest absolute Gasteiger partial charge is 0.493 e. The van der Waals surface area contributed by atoms with Gasteiger partial charge in [0.2, 0.25) is 0 Å². The van der Waals surface area contributed by atoms with Crippen molar-refractivity contribution >= 4 is 22.6 Å². The van der Waals surface area contributed by atoms with Crippen LogP contribution in [0.15, 0.2) is 42.6 Å². The average molecular weight is 408 g/mol. The summed E-state index contributed by atoms with van der Waals surface area (Å²) in [4.78, 5) is 17.1. The van der Waals surface area contributed by atoms with Gasteiger partial charge < -0.3 is 19.5 Å². The Balaban J connectivity index is 1.90.